The normalized spacial score (nSPS) is 10.2. The highest BCUT2D eigenvalue weighted by molar-refractivity contribution is 5.91. The average Bonchev–Trinajstić information content (AvgIpc) is 2.20. The van der Waals surface area contributed by atoms with E-state index in [1.165, 1.54) is 6.20 Å². The largest absolute Gasteiger partial charge is 0.481 e. The smallest absolute Gasteiger partial charge is 0.309 e. The van der Waals surface area contributed by atoms with Gasteiger partial charge in [-0.05, 0) is 12.1 Å². The number of hydrogen-bond acceptors (Lipinski definition) is 3. The number of hydrogen-bond donors (Lipinski definition) is 2. The number of carbonyl (C=O) groups is 2. The zero-order valence-corrected chi connectivity index (χ0v) is 9.23. The number of carboxylic acids is 1. The van der Waals surface area contributed by atoms with Crippen LogP contribution in [0.4, 0.5) is 5.69 Å². The maximum absolute atomic E-state index is 11.3. The molecule has 1 rings (SSSR count). The highest BCUT2D eigenvalue weighted by atomic mass is 16.4. The van der Waals surface area contributed by atoms with E-state index < -0.39 is 5.97 Å². The zero-order valence-electron chi connectivity index (χ0n) is 9.23. The summed E-state index contributed by atoms with van der Waals surface area (Å²) < 4.78 is 0. The third-order valence-electron chi connectivity index (χ3n) is 1.95. The van der Waals surface area contributed by atoms with Gasteiger partial charge in [0.05, 0.1) is 24.0 Å². The lowest BCUT2D eigenvalue weighted by Gasteiger charge is -2.07. The number of anilines is 1. The van der Waals surface area contributed by atoms with Gasteiger partial charge in [-0.25, -0.2) is 0 Å². The Balaban J connectivity index is 2.64. The minimum atomic E-state index is -0.925. The third-order valence-corrected chi connectivity index (χ3v) is 1.95. The second kappa shape index (κ2) is 5.25. The molecule has 0 fully saturated rings. The summed E-state index contributed by atoms with van der Waals surface area (Å²) in [7, 11) is 0. The van der Waals surface area contributed by atoms with Crippen molar-refractivity contribution in [2.45, 2.75) is 20.3 Å². The van der Waals surface area contributed by atoms with E-state index in [0.717, 1.165) is 0 Å². The van der Waals surface area contributed by atoms with Crippen molar-refractivity contribution in [1.82, 2.24) is 4.98 Å². The molecule has 0 unspecified atom stereocenters. The number of rotatable bonds is 4. The molecule has 0 saturated carbocycles. The monoisotopic (exact) mass is 222 g/mol. The van der Waals surface area contributed by atoms with Crippen molar-refractivity contribution in [2.24, 2.45) is 5.92 Å². The van der Waals surface area contributed by atoms with Crippen molar-refractivity contribution in [1.29, 1.82) is 0 Å². The Morgan fingerprint density at radius 2 is 2.12 bits per heavy atom. The van der Waals surface area contributed by atoms with Gasteiger partial charge in [-0.1, -0.05) is 13.8 Å². The van der Waals surface area contributed by atoms with E-state index in [9.17, 15) is 9.59 Å². The first kappa shape index (κ1) is 12.2. The van der Waals surface area contributed by atoms with Crippen LogP contribution in [0.2, 0.25) is 0 Å². The van der Waals surface area contributed by atoms with Crippen molar-refractivity contribution in [3.8, 4) is 0 Å². The lowest BCUT2D eigenvalue weighted by atomic mass is 10.2. The van der Waals surface area contributed by atoms with E-state index in [4.69, 9.17) is 5.11 Å². The molecule has 1 aromatic rings. The molecule has 1 amide bonds. The number of carbonyl (C=O) groups excluding carboxylic acids is 1. The fourth-order valence-corrected chi connectivity index (χ4v) is 1.04. The predicted molar refractivity (Wildman–Crippen MR) is 59.0 cm³/mol. The van der Waals surface area contributed by atoms with Crippen LogP contribution < -0.4 is 5.32 Å². The highest BCUT2D eigenvalue weighted by Crippen LogP contribution is 2.08. The van der Waals surface area contributed by atoms with Crippen LogP contribution in [0.25, 0.3) is 0 Å². The number of aliphatic carboxylic acids is 1. The molecule has 0 saturated heterocycles. The Morgan fingerprint density at radius 3 is 2.56 bits per heavy atom. The highest BCUT2D eigenvalue weighted by Gasteiger charge is 2.07. The summed E-state index contributed by atoms with van der Waals surface area (Å²) in [6.07, 6.45) is 1.34. The van der Waals surface area contributed by atoms with Crippen LogP contribution in [-0.4, -0.2) is 22.0 Å². The topological polar surface area (TPSA) is 79.3 Å². The molecule has 0 radical (unpaired) electrons. The van der Waals surface area contributed by atoms with Crippen LogP contribution in [0.1, 0.15) is 19.5 Å². The van der Waals surface area contributed by atoms with Gasteiger partial charge in [0.25, 0.3) is 0 Å². The van der Waals surface area contributed by atoms with Gasteiger partial charge in [-0.3, -0.25) is 14.6 Å². The van der Waals surface area contributed by atoms with E-state index in [-0.39, 0.29) is 18.2 Å². The van der Waals surface area contributed by atoms with E-state index in [0.29, 0.717) is 11.4 Å². The quantitative estimate of drug-likeness (QED) is 0.804. The molecule has 0 bridgehead atoms. The summed E-state index contributed by atoms with van der Waals surface area (Å²) in [6, 6.07) is 3.23. The summed E-state index contributed by atoms with van der Waals surface area (Å²) in [5, 5.41) is 11.2. The number of aromatic nitrogens is 1. The molecule has 0 spiro atoms. The summed E-state index contributed by atoms with van der Waals surface area (Å²) in [4.78, 5) is 25.7. The molecule has 0 aliphatic heterocycles. The number of carboxylic acid groups (broad SMARTS) is 1. The minimum Gasteiger partial charge on any atom is -0.481 e. The summed E-state index contributed by atoms with van der Waals surface area (Å²) >= 11 is 0. The first-order valence-electron chi connectivity index (χ1n) is 4.96. The Bertz CT molecular complexity index is 385. The van der Waals surface area contributed by atoms with E-state index in [2.05, 4.69) is 10.3 Å². The van der Waals surface area contributed by atoms with Crippen LogP contribution in [0.5, 0.6) is 0 Å². The Hall–Kier alpha value is -1.91. The van der Waals surface area contributed by atoms with Gasteiger partial charge in [0.1, 0.15) is 0 Å². The number of pyridine rings is 1. The van der Waals surface area contributed by atoms with Crippen molar-refractivity contribution in [3.05, 3.63) is 24.0 Å². The molecule has 5 heteroatoms. The molecule has 86 valence electrons. The second-order valence-electron chi connectivity index (χ2n) is 3.75. The maximum Gasteiger partial charge on any atom is 0.309 e. The number of amides is 1. The molecule has 16 heavy (non-hydrogen) atoms. The van der Waals surface area contributed by atoms with Crippen LogP contribution >= 0.6 is 0 Å². The van der Waals surface area contributed by atoms with Crippen LogP contribution in [0.3, 0.4) is 0 Å². The van der Waals surface area contributed by atoms with Crippen LogP contribution in [-0.2, 0) is 16.0 Å². The first-order valence-corrected chi connectivity index (χ1v) is 4.96. The number of nitrogens with one attached hydrogen (secondary N) is 1. The lowest BCUT2D eigenvalue weighted by molar-refractivity contribution is -0.136. The molecule has 1 aromatic heterocycles. The van der Waals surface area contributed by atoms with Gasteiger partial charge in [-0.15, -0.1) is 0 Å². The summed E-state index contributed by atoms with van der Waals surface area (Å²) in [6.45, 7) is 3.59. The Kier molecular flexibility index (Phi) is 3.99. The van der Waals surface area contributed by atoms with Gasteiger partial charge in [0.2, 0.25) is 5.91 Å². The van der Waals surface area contributed by atoms with Crippen molar-refractivity contribution in [3.63, 3.8) is 0 Å². The fourth-order valence-electron chi connectivity index (χ4n) is 1.04. The standard InChI is InChI=1S/C11H14N2O3/c1-7(2)11(16)13-9-4-3-8(12-6-9)5-10(14)15/h3-4,6-7H,5H2,1-2H3,(H,13,16)(H,14,15). The van der Waals surface area contributed by atoms with E-state index in [1.807, 2.05) is 0 Å². The second-order valence-corrected chi connectivity index (χ2v) is 3.75. The molecule has 1 heterocycles. The molecule has 2 N–H and O–H groups in total. The van der Waals surface area contributed by atoms with Gasteiger partial charge in [0, 0.05) is 5.92 Å². The summed E-state index contributed by atoms with van der Waals surface area (Å²) in [5.74, 6) is -1.11. The zero-order chi connectivity index (χ0) is 12.1. The molecule has 0 aliphatic rings. The van der Waals surface area contributed by atoms with E-state index in [1.54, 1.807) is 26.0 Å². The van der Waals surface area contributed by atoms with Crippen molar-refractivity contribution < 1.29 is 14.7 Å². The Labute approximate surface area is 93.5 Å². The third kappa shape index (κ3) is 3.68. The fraction of sp³-hybridized carbons (Fsp3) is 0.364. The Morgan fingerprint density at radius 1 is 1.44 bits per heavy atom. The van der Waals surface area contributed by atoms with Gasteiger partial charge in [-0.2, -0.15) is 0 Å². The van der Waals surface area contributed by atoms with Gasteiger partial charge in [0.15, 0.2) is 0 Å². The first-order chi connectivity index (χ1) is 7.49. The molecule has 0 aliphatic carbocycles. The van der Waals surface area contributed by atoms with E-state index >= 15 is 0 Å². The van der Waals surface area contributed by atoms with Crippen molar-refractivity contribution >= 4 is 17.6 Å². The molecule has 0 atom stereocenters. The maximum atomic E-state index is 11.3. The SMILES string of the molecule is CC(C)C(=O)Nc1ccc(CC(=O)O)nc1. The summed E-state index contributed by atoms with van der Waals surface area (Å²) in [5.41, 5.74) is 1.04. The van der Waals surface area contributed by atoms with Crippen LogP contribution in [0, 0.1) is 5.92 Å². The molecular formula is C11H14N2O3. The van der Waals surface area contributed by atoms with Crippen LogP contribution in [0.15, 0.2) is 18.3 Å². The lowest BCUT2D eigenvalue weighted by Crippen LogP contribution is -2.17. The molecule has 5 nitrogen and oxygen atoms in total. The minimum absolute atomic E-state index is 0.0900. The molecular weight excluding hydrogens is 208 g/mol. The average molecular weight is 222 g/mol. The van der Waals surface area contributed by atoms with Crippen molar-refractivity contribution in [2.75, 3.05) is 5.32 Å². The van der Waals surface area contributed by atoms with Gasteiger partial charge >= 0.3 is 5.97 Å². The number of nitrogens with zero attached hydrogens (tertiary/aromatic N) is 1. The van der Waals surface area contributed by atoms with Gasteiger partial charge < -0.3 is 10.4 Å². The molecule has 0 aromatic carbocycles. The predicted octanol–water partition coefficient (Wildman–Crippen LogP) is 1.30.